The Morgan fingerprint density at radius 2 is 1.38 bits per heavy atom. The van der Waals surface area contributed by atoms with Crippen molar-refractivity contribution in [2.75, 3.05) is 13.1 Å². The van der Waals surface area contributed by atoms with Crippen LogP contribution < -0.4 is 0 Å². The average Bonchev–Trinajstić information content (AvgIpc) is 2.19. The van der Waals surface area contributed by atoms with Crippen LogP contribution in [0, 0.1) is 0 Å². The summed E-state index contributed by atoms with van der Waals surface area (Å²) in [5.41, 5.74) is 0. The molecular weight excluding hydrogens is 158 g/mol. The van der Waals surface area contributed by atoms with Crippen LogP contribution in [0.3, 0.4) is 0 Å². The molecular formula is C12H25N. The zero-order valence-electron chi connectivity index (χ0n) is 9.39. The van der Waals surface area contributed by atoms with Gasteiger partial charge in [-0.15, -0.1) is 0 Å². The van der Waals surface area contributed by atoms with Crippen LogP contribution in [0.15, 0.2) is 0 Å². The number of rotatable bonds is 0. The van der Waals surface area contributed by atoms with Gasteiger partial charge < -0.3 is 4.90 Å². The third kappa shape index (κ3) is 3.68. The first-order chi connectivity index (χ1) is 6.38. The van der Waals surface area contributed by atoms with E-state index in [0.717, 1.165) is 6.04 Å². The Morgan fingerprint density at radius 3 is 1.77 bits per heavy atom. The zero-order chi connectivity index (χ0) is 9.52. The molecule has 13 heavy (non-hydrogen) atoms. The molecule has 1 nitrogen and oxygen atoms in total. The van der Waals surface area contributed by atoms with E-state index in [4.69, 9.17) is 0 Å². The molecule has 0 aromatic rings. The molecule has 0 aromatic heterocycles. The van der Waals surface area contributed by atoms with E-state index in [1.165, 1.54) is 58.0 Å². The van der Waals surface area contributed by atoms with Gasteiger partial charge in [0.1, 0.15) is 0 Å². The molecule has 0 N–H and O–H groups in total. The highest BCUT2D eigenvalue weighted by Crippen LogP contribution is 2.25. The van der Waals surface area contributed by atoms with Gasteiger partial charge in [-0.1, -0.05) is 33.1 Å². The number of hydrogen-bond donors (Lipinski definition) is 0. The summed E-state index contributed by atoms with van der Waals surface area (Å²) in [5, 5.41) is 0. The van der Waals surface area contributed by atoms with Gasteiger partial charge in [0.15, 0.2) is 0 Å². The molecule has 0 aromatic carbocycles. The molecule has 0 saturated carbocycles. The third-order valence-electron chi connectivity index (χ3n) is 2.98. The lowest BCUT2D eigenvalue weighted by Crippen LogP contribution is -2.42. The normalized spacial score (nSPS) is 24.5. The fourth-order valence-corrected chi connectivity index (χ4v) is 2.38. The van der Waals surface area contributed by atoms with Crippen LogP contribution in [0.1, 0.15) is 58.8 Å². The maximum atomic E-state index is 2.70. The maximum Gasteiger partial charge on any atom is 0.00952 e. The van der Waals surface area contributed by atoms with Gasteiger partial charge in [-0.3, -0.25) is 0 Å². The van der Waals surface area contributed by atoms with E-state index in [9.17, 15) is 0 Å². The van der Waals surface area contributed by atoms with E-state index in [-0.39, 0.29) is 0 Å². The van der Waals surface area contributed by atoms with Crippen molar-refractivity contribution in [1.82, 2.24) is 4.90 Å². The molecule has 0 aliphatic carbocycles. The van der Waals surface area contributed by atoms with Crippen LogP contribution in [-0.2, 0) is 0 Å². The smallest absolute Gasteiger partial charge is 0.00952 e. The first kappa shape index (κ1) is 11.0. The van der Waals surface area contributed by atoms with E-state index >= 15 is 0 Å². The summed E-state index contributed by atoms with van der Waals surface area (Å²) in [7, 11) is 0. The average molecular weight is 183 g/mol. The van der Waals surface area contributed by atoms with Crippen LogP contribution in [0.4, 0.5) is 0 Å². The lowest BCUT2D eigenvalue weighted by atomic mass is 9.93. The van der Waals surface area contributed by atoms with Crippen LogP contribution in [0.2, 0.25) is 0 Å². The summed E-state index contributed by atoms with van der Waals surface area (Å²) in [6, 6.07) is 0.988. The van der Waals surface area contributed by atoms with E-state index in [0.29, 0.717) is 0 Å². The Balaban J connectivity index is 0.000000251. The van der Waals surface area contributed by atoms with Crippen molar-refractivity contribution in [3.63, 3.8) is 0 Å². The number of hydrogen-bond acceptors (Lipinski definition) is 1. The second kappa shape index (κ2) is 6.42. The van der Waals surface area contributed by atoms with Crippen molar-refractivity contribution >= 4 is 0 Å². The van der Waals surface area contributed by atoms with E-state index in [1.807, 2.05) is 0 Å². The lowest BCUT2D eigenvalue weighted by Gasteiger charge is -2.39. The molecule has 2 saturated heterocycles. The minimum Gasteiger partial charge on any atom is -0.300 e. The molecule has 2 fully saturated rings. The number of fused-ring (bicyclic) bond motifs is 1. The van der Waals surface area contributed by atoms with Crippen LogP contribution >= 0.6 is 0 Å². The van der Waals surface area contributed by atoms with E-state index < -0.39 is 0 Å². The molecule has 1 heteroatoms. The highest BCUT2D eigenvalue weighted by molar-refractivity contribution is 4.80. The molecule has 2 aliphatic rings. The van der Waals surface area contributed by atoms with Crippen molar-refractivity contribution < 1.29 is 0 Å². The number of piperidine rings is 2. The molecule has 2 aliphatic heterocycles. The Hall–Kier alpha value is -0.0400. The summed E-state index contributed by atoms with van der Waals surface area (Å²) in [6.07, 6.45) is 10.1. The Labute approximate surface area is 83.5 Å². The van der Waals surface area contributed by atoms with Gasteiger partial charge in [0.2, 0.25) is 0 Å². The summed E-state index contributed by atoms with van der Waals surface area (Å²) in [4.78, 5) is 2.70. The van der Waals surface area contributed by atoms with E-state index in [2.05, 4.69) is 18.7 Å². The van der Waals surface area contributed by atoms with E-state index in [1.54, 1.807) is 0 Å². The fourth-order valence-electron chi connectivity index (χ4n) is 2.38. The lowest BCUT2D eigenvalue weighted by molar-refractivity contribution is 0.109. The molecule has 0 atom stereocenters. The van der Waals surface area contributed by atoms with Gasteiger partial charge in [0, 0.05) is 6.04 Å². The number of nitrogens with zero attached hydrogens (tertiary/aromatic N) is 1. The predicted octanol–water partition coefficient (Wildman–Crippen LogP) is 3.44. The van der Waals surface area contributed by atoms with Crippen molar-refractivity contribution in [3.8, 4) is 0 Å². The molecule has 0 unspecified atom stereocenters. The summed E-state index contributed by atoms with van der Waals surface area (Å²) in [6.45, 7) is 7.04. The van der Waals surface area contributed by atoms with Gasteiger partial charge in [-0.05, 0) is 38.8 Å². The minimum atomic E-state index is 0.988. The van der Waals surface area contributed by atoms with Crippen molar-refractivity contribution in [2.24, 2.45) is 0 Å². The molecule has 0 spiro atoms. The summed E-state index contributed by atoms with van der Waals surface area (Å²) >= 11 is 0. The largest absolute Gasteiger partial charge is 0.300 e. The first-order valence-corrected chi connectivity index (χ1v) is 6.12. The molecule has 0 radical (unpaired) electrons. The highest BCUT2D eigenvalue weighted by Gasteiger charge is 2.24. The molecule has 2 rings (SSSR count). The molecule has 78 valence electrons. The first-order valence-electron chi connectivity index (χ1n) is 6.12. The topological polar surface area (TPSA) is 3.24 Å². The Kier molecular flexibility index (Phi) is 5.45. The van der Waals surface area contributed by atoms with Crippen LogP contribution in [-0.4, -0.2) is 24.0 Å². The predicted molar refractivity (Wildman–Crippen MR) is 59.0 cm³/mol. The standard InChI is InChI=1S/C9H17N.C3H8/c1-3-7-10-8-4-2-6-9(10)5-1;1-3-2/h9H,1-8H2;3H2,1-2H3. The summed E-state index contributed by atoms with van der Waals surface area (Å²) in [5.74, 6) is 0. The van der Waals surface area contributed by atoms with Crippen LogP contribution in [0.5, 0.6) is 0 Å². The van der Waals surface area contributed by atoms with Crippen molar-refractivity contribution in [2.45, 2.75) is 64.8 Å². The Morgan fingerprint density at radius 1 is 0.923 bits per heavy atom. The monoisotopic (exact) mass is 183 g/mol. The molecule has 0 bridgehead atoms. The molecule has 2 heterocycles. The maximum absolute atomic E-state index is 2.70. The highest BCUT2D eigenvalue weighted by atomic mass is 15.2. The van der Waals surface area contributed by atoms with Gasteiger partial charge in [0.25, 0.3) is 0 Å². The van der Waals surface area contributed by atoms with Gasteiger partial charge in [0.05, 0.1) is 0 Å². The SMILES string of the molecule is C1CCN2CCCCC2C1.CCC. The Bertz CT molecular complexity index is 96.3. The van der Waals surface area contributed by atoms with Crippen LogP contribution in [0.25, 0.3) is 0 Å². The quantitative estimate of drug-likeness (QED) is 0.556. The second-order valence-corrected chi connectivity index (χ2v) is 4.39. The van der Waals surface area contributed by atoms with Crippen molar-refractivity contribution in [1.29, 1.82) is 0 Å². The van der Waals surface area contributed by atoms with Crippen molar-refractivity contribution in [3.05, 3.63) is 0 Å². The second-order valence-electron chi connectivity index (χ2n) is 4.39. The molecule has 0 amide bonds. The summed E-state index contributed by atoms with van der Waals surface area (Å²) < 4.78 is 0. The van der Waals surface area contributed by atoms with Gasteiger partial charge in [-0.2, -0.15) is 0 Å². The fraction of sp³-hybridized carbons (Fsp3) is 1.00. The minimum absolute atomic E-state index is 0.988. The zero-order valence-corrected chi connectivity index (χ0v) is 9.39. The van der Waals surface area contributed by atoms with Gasteiger partial charge >= 0.3 is 0 Å². The van der Waals surface area contributed by atoms with Gasteiger partial charge in [-0.25, -0.2) is 0 Å². The third-order valence-corrected chi connectivity index (χ3v) is 2.98.